The summed E-state index contributed by atoms with van der Waals surface area (Å²) in [5, 5.41) is 2.93. The molecule has 4 nitrogen and oxygen atoms in total. The highest BCUT2D eigenvalue weighted by molar-refractivity contribution is 5.89. The maximum absolute atomic E-state index is 11.8. The Balaban J connectivity index is 2.52. The molecule has 0 aliphatic carbocycles. The van der Waals surface area contributed by atoms with E-state index in [1.165, 1.54) is 0 Å². The molecule has 0 saturated carbocycles. The van der Waals surface area contributed by atoms with Crippen LogP contribution in [0.2, 0.25) is 0 Å². The summed E-state index contributed by atoms with van der Waals surface area (Å²) < 4.78 is 0. The number of hydrogen-bond donors (Lipinski definition) is 1. The van der Waals surface area contributed by atoms with Gasteiger partial charge in [0.1, 0.15) is 0 Å². The van der Waals surface area contributed by atoms with Gasteiger partial charge >= 0.3 is 0 Å². The van der Waals surface area contributed by atoms with Crippen molar-refractivity contribution in [3.8, 4) is 0 Å². The highest BCUT2D eigenvalue weighted by Gasteiger charge is 2.35. The molecular formula is C12H22N2O2. The van der Waals surface area contributed by atoms with Gasteiger partial charge in [-0.05, 0) is 27.2 Å². The highest BCUT2D eigenvalue weighted by atomic mass is 16.2. The number of carbonyl (C=O) groups is 2. The van der Waals surface area contributed by atoms with E-state index in [1.807, 2.05) is 27.7 Å². The van der Waals surface area contributed by atoms with Crippen LogP contribution in [0.4, 0.5) is 0 Å². The van der Waals surface area contributed by atoms with Gasteiger partial charge in [-0.1, -0.05) is 6.92 Å². The molecular weight excluding hydrogens is 204 g/mol. The van der Waals surface area contributed by atoms with Crippen molar-refractivity contribution in [2.45, 2.75) is 52.6 Å². The van der Waals surface area contributed by atoms with Crippen molar-refractivity contribution in [2.75, 3.05) is 6.54 Å². The second-order valence-corrected chi connectivity index (χ2v) is 4.86. The Morgan fingerprint density at radius 1 is 1.50 bits per heavy atom. The first kappa shape index (κ1) is 13.0. The van der Waals surface area contributed by atoms with Crippen LogP contribution in [0.15, 0.2) is 0 Å². The summed E-state index contributed by atoms with van der Waals surface area (Å²) in [6, 6.07) is 0.379. The molecule has 2 atom stereocenters. The van der Waals surface area contributed by atoms with Crippen LogP contribution in [0.5, 0.6) is 0 Å². The Morgan fingerprint density at radius 2 is 2.12 bits per heavy atom. The molecule has 2 unspecified atom stereocenters. The maximum atomic E-state index is 11.8. The topological polar surface area (TPSA) is 49.4 Å². The van der Waals surface area contributed by atoms with Crippen LogP contribution in [-0.4, -0.2) is 35.3 Å². The second kappa shape index (κ2) is 5.32. The fourth-order valence-corrected chi connectivity index (χ4v) is 1.87. The van der Waals surface area contributed by atoms with E-state index < -0.39 is 0 Å². The number of nitrogens with one attached hydrogen (secondary N) is 1. The van der Waals surface area contributed by atoms with Gasteiger partial charge in [0, 0.05) is 25.0 Å². The molecule has 1 heterocycles. The SMILES string of the molecule is CCC(C)NC(=O)C1CC(=O)N(C(C)C)C1. The summed E-state index contributed by atoms with van der Waals surface area (Å²) >= 11 is 0. The summed E-state index contributed by atoms with van der Waals surface area (Å²) in [5.41, 5.74) is 0. The molecule has 2 amide bonds. The fourth-order valence-electron chi connectivity index (χ4n) is 1.87. The molecule has 0 aromatic rings. The second-order valence-electron chi connectivity index (χ2n) is 4.86. The third-order valence-corrected chi connectivity index (χ3v) is 3.15. The highest BCUT2D eigenvalue weighted by Crippen LogP contribution is 2.20. The molecule has 0 aromatic carbocycles. The lowest BCUT2D eigenvalue weighted by Crippen LogP contribution is -2.39. The summed E-state index contributed by atoms with van der Waals surface area (Å²) in [7, 11) is 0. The van der Waals surface area contributed by atoms with Crippen LogP contribution in [0.25, 0.3) is 0 Å². The minimum absolute atomic E-state index is 0.0193. The molecule has 1 fully saturated rings. The molecule has 16 heavy (non-hydrogen) atoms. The van der Waals surface area contributed by atoms with Crippen LogP contribution >= 0.6 is 0 Å². The van der Waals surface area contributed by atoms with Crippen LogP contribution < -0.4 is 5.32 Å². The van der Waals surface area contributed by atoms with Crippen molar-refractivity contribution in [3.63, 3.8) is 0 Å². The summed E-state index contributed by atoms with van der Waals surface area (Å²) in [6.45, 7) is 8.54. The predicted molar refractivity (Wildman–Crippen MR) is 62.9 cm³/mol. The van der Waals surface area contributed by atoms with Gasteiger partial charge in [0.25, 0.3) is 0 Å². The number of likely N-dealkylation sites (tertiary alicyclic amines) is 1. The van der Waals surface area contributed by atoms with E-state index in [2.05, 4.69) is 5.32 Å². The first-order valence-electron chi connectivity index (χ1n) is 6.05. The Labute approximate surface area is 97.4 Å². The van der Waals surface area contributed by atoms with Crippen LogP contribution in [-0.2, 0) is 9.59 Å². The van der Waals surface area contributed by atoms with Gasteiger partial charge in [-0.15, -0.1) is 0 Å². The minimum Gasteiger partial charge on any atom is -0.353 e. The first-order chi connectivity index (χ1) is 7.45. The van der Waals surface area contributed by atoms with E-state index in [1.54, 1.807) is 4.90 Å². The summed E-state index contributed by atoms with van der Waals surface area (Å²) in [4.78, 5) is 25.2. The Bertz CT molecular complexity index is 276. The van der Waals surface area contributed by atoms with Crippen molar-refractivity contribution < 1.29 is 9.59 Å². The number of hydrogen-bond acceptors (Lipinski definition) is 2. The van der Waals surface area contributed by atoms with Gasteiger partial charge in [-0.25, -0.2) is 0 Å². The standard InChI is InChI=1S/C12H22N2O2/c1-5-9(4)13-12(16)10-6-11(15)14(7-10)8(2)3/h8-10H,5-7H2,1-4H3,(H,13,16). The lowest BCUT2D eigenvalue weighted by Gasteiger charge is -2.21. The van der Waals surface area contributed by atoms with Crippen molar-refractivity contribution in [1.29, 1.82) is 0 Å². The number of amides is 2. The van der Waals surface area contributed by atoms with Gasteiger partial charge in [0.2, 0.25) is 11.8 Å². The summed E-state index contributed by atoms with van der Waals surface area (Å²) in [6.07, 6.45) is 1.28. The molecule has 0 aromatic heterocycles. The van der Waals surface area contributed by atoms with E-state index in [-0.39, 0.29) is 29.8 Å². The quantitative estimate of drug-likeness (QED) is 0.782. The third kappa shape index (κ3) is 2.97. The molecule has 0 spiro atoms. The van der Waals surface area contributed by atoms with Crippen molar-refractivity contribution in [1.82, 2.24) is 10.2 Å². The Kier molecular flexibility index (Phi) is 4.33. The molecule has 1 aliphatic heterocycles. The van der Waals surface area contributed by atoms with Gasteiger partial charge in [-0.3, -0.25) is 9.59 Å². The van der Waals surface area contributed by atoms with Crippen molar-refractivity contribution >= 4 is 11.8 Å². The molecule has 92 valence electrons. The number of nitrogens with zero attached hydrogens (tertiary/aromatic N) is 1. The Hall–Kier alpha value is -1.06. The largest absolute Gasteiger partial charge is 0.353 e. The number of rotatable bonds is 4. The van der Waals surface area contributed by atoms with Crippen LogP contribution in [0, 0.1) is 5.92 Å². The van der Waals surface area contributed by atoms with Crippen molar-refractivity contribution in [3.05, 3.63) is 0 Å². The average molecular weight is 226 g/mol. The Morgan fingerprint density at radius 3 is 2.56 bits per heavy atom. The zero-order valence-corrected chi connectivity index (χ0v) is 10.6. The van der Waals surface area contributed by atoms with Gasteiger partial charge in [0.15, 0.2) is 0 Å². The lowest BCUT2D eigenvalue weighted by atomic mass is 10.1. The monoisotopic (exact) mass is 226 g/mol. The van der Waals surface area contributed by atoms with E-state index in [0.717, 1.165) is 6.42 Å². The smallest absolute Gasteiger partial charge is 0.225 e. The van der Waals surface area contributed by atoms with Gasteiger partial charge < -0.3 is 10.2 Å². The first-order valence-corrected chi connectivity index (χ1v) is 6.05. The van der Waals surface area contributed by atoms with Gasteiger partial charge in [-0.2, -0.15) is 0 Å². The van der Waals surface area contributed by atoms with Crippen LogP contribution in [0.3, 0.4) is 0 Å². The maximum Gasteiger partial charge on any atom is 0.225 e. The van der Waals surface area contributed by atoms with E-state index >= 15 is 0 Å². The minimum atomic E-state index is -0.163. The molecule has 1 rings (SSSR count). The molecule has 1 N–H and O–H groups in total. The zero-order valence-electron chi connectivity index (χ0n) is 10.6. The summed E-state index contributed by atoms with van der Waals surface area (Å²) in [5.74, 6) is -0.0472. The molecule has 0 radical (unpaired) electrons. The third-order valence-electron chi connectivity index (χ3n) is 3.15. The predicted octanol–water partition coefficient (Wildman–Crippen LogP) is 1.16. The molecule has 4 heteroatoms. The normalized spacial score (nSPS) is 22.7. The van der Waals surface area contributed by atoms with E-state index in [9.17, 15) is 9.59 Å². The number of carbonyl (C=O) groups excluding carboxylic acids is 2. The molecule has 0 bridgehead atoms. The fraction of sp³-hybridized carbons (Fsp3) is 0.833. The zero-order chi connectivity index (χ0) is 12.3. The lowest BCUT2D eigenvalue weighted by molar-refractivity contribution is -0.130. The van der Waals surface area contributed by atoms with Crippen LogP contribution in [0.1, 0.15) is 40.5 Å². The van der Waals surface area contributed by atoms with E-state index in [4.69, 9.17) is 0 Å². The van der Waals surface area contributed by atoms with E-state index in [0.29, 0.717) is 13.0 Å². The van der Waals surface area contributed by atoms with Crippen molar-refractivity contribution in [2.24, 2.45) is 5.92 Å². The molecule has 1 saturated heterocycles. The molecule has 1 aliphatic rings. The van der Waals surface area contributed by atoms with Gasteiger partial charge in [0.05, 0.1) is 5.92 Å². The average Bonchev–Trinajstić information content (AvgIpc) is 2.60.